The van der Waals surface area contributed by atoms with Crippen molar-refractivity contribution in [1.29, 1.82) is 0 Å². The number of ether oxygens (including phenoxy) is 1. The van der Waals surface area contributed by atoms with Crippen molar-refractivity contribution >= 4 is 40.3 Å². The van der Waals surface area contributed by atoms with Crippen molar-refractivity contribution in [2.75, 3.05) is 5.32 Å². The molecule has 0 saturated heterocycles. The van der Waals surface area contributed by atoms with Gasteiger partial charge >= 0.3 is 0 Å². The Hall–Kier alpha value is -3.51. The quantitative estimate of drug-likeness (QED) is 0.400. The second-order valence-electron chi connectivity index (χ2n) is 6.63. The fourth-order valence-corrected chi connectivity index (χ4v) is 3.28. The van der Waals surface area contributed by atoms with Gasteiger partial charge in [-0.2, -0.15) is 0 Å². The van der Waals surface area contributed by atoms with Gasteiger partial charge in [0.15, 0.2) is 0 Å². The molecular weight excluding hydrogens is 405 g/mol. The first kappa shape index (κ1) is 19.8. The maximum atomic E-state index is 13.3. The van der Waals surface area contributed by atoms with Crippen LogP contribution in [0, 0.1) is 5.82 Å². The maximum absolute atomic E-state index is 13.3. The largest absolute Gasteiger partial charge is 0.487 e. The first-order chi connectivity index (χ1) is 14.6. The molecule has 1 aromatic heterocycles. The van der Waals surface area contributed by atoms with Crippen LogP contribution in [0.4, 0.5) is 15.9 Å². The lowest BCUT2D eigenvalue weighted by Crippen LogP contribution is -1.99. The van der Waals surface area contributed by atoms with Crippen molar-refractivity contribution in [3.8, 4) is 5.75 Å². The molecule has 5 nitrogen and oxygen atoms in total. The molecule has 0 spiro atoms. The van der Waals surface area contributed by atoms with Crippen LogP contribution in [0.2, 0.25) is 5.02 Å². The molecule has 0 atom stereocenters. The van der Waals surface area contributed by atoms with E-state index in [2.05, 4.69) is 15.3 Å². The number of halogens is 2. The van der Waals surface area contributed by atoms with Gasteiger partial charge < -0.3 is 14.8 Å². The Kier molecular flexibility index (Phi) is 5.86. The number of carbonyl (C=O) groups excluding carboxylic acids is 1. The van der Waals surface area contributed by atoms with E-state index in [0.717, 1.165) is 28.4 Å². The van der Waals surface area contributed by atoms with Gasteiger partial charge in [-0.3, -0.25) is 0 Å². The number of nitrogens with zero attached hydrogens (tertiary/aromatic N) is 2. The highest BCUT2D eigenvalue weighted by Gasteiger charge is 2.08. The van der Waals surface area contributed by atoms with E-state index in [1.807, 2.05) is 24.3 Å². The third-order valence-electron chi connectivity index (χ3n) is 4.50. The molecular formula is C23H17ClFN3O2. The van der Waals surface area contributed by atoms with E-state index in [1.54, 1.807) is 24.3 Å². The summed E-state index contributed by atoms with van der Waals surface area (Å²) >= 11 is 6.37. The third-order valence-corrected chi connectivity index (χ3v) is 4.79. The van der Waals surface area contributed by atoms with E-state index in [-0.39, 0.29) is 12.4 Å². The van der Waals surface area contributed by atoms with Crippen LogP contribution in [0.15, 0.2) is 67.0 Å². The summed E-state index contributed by atoms with van der Waals surface area (Å²) in [6.45, 7) is 0.209. The molecule has 3 aromatic carbocycles. The highest BCUT2D eigenvalue weighted by molar-refractivity contribution is 6.32. The van der Waals surface area contributed by atoms with Gasteiger partial charge in [-0.05, 0) is 53.6 Å². The van der Waals surface area contributed by atoms with E-state index >= 15 is 0 Å². The average molecular weight is 422 g/mol. The average Bonchev–Trinajstić information content (AvgIpc) is 2.74. The number of hydrogen-bond donors (Lipinski definition) is 1. The zero-order chi connectivity index (χ0) is 20.9. The lowest BCUT2D eigenvalue weighted by molar-refractivity contribution is -0.107. The molecule has 0 unspecified atom stereocenters. The van der Waals surface area contributed by atoms with Gasteiger partial charge in [0.2, 0.25) is 0 Å². The molecule has 4 rings (SSSR count). The number of aromatic nitrogens is 2. The normalized spacial score (nSPS) is 10.7. The predicted octanol–water partition coefficient (Wildman–Crippen LogP) is 5.49. The predicted molar refractivity (Wildman–Crippen MR) is 115 cm³/mol. The fourth-order valence-electron chi connectivity index (χ4n) is 3.05. The third kappa shape index (κ3) is 4.55. The first-order valence-electron chi connectivity index (χ1n) is 9.23. The Labute approximate surface area is 177 Å². The molecule has 0 aliphatic rings. The van der Waals surface area contributed by atoms with Gasteiger partial charge in [-0.25, -0.2) is 14.4 Å². The van der Waals surface area contributed by atoms with Gasteiger partial charge in [-0.1, -0.05) is 29.8 Å². The molecule has 0 bridgehead atoms. The number of rotatable bonds is 7. The summed E-state index contributed by atoms with van der Waals surface area (Å²) in [6.07, 6.45) is 2.66. The summed E-state index contributed by atoms with van der Waals surface area (Å²) in [4.78, 5) is 19.4. The first-order valence-corrected chi connectivity index (χ1v) is 9.61. The van der Waals surface area contributed by atoms with Crippen LogP contribution in [0.1, 0.15) is 11.1 Å². The van der Waals surface area contributed by atoms with Crippen molar-refractivity contribution in [3.05, 3.63) is 89.0 Å². The second kappa shape index (κ2) is 8.88. The standard InChI is InChI=1S/C23H17ClFN3O2/c24-20-12-18(5-7-22(20)30-13-16-2-1-3-17(25)10-16)28-23-19-11-15(8-9-29)4-6-21(19)26-14-27-23/h1-7,9-12,14H,8,13H2,(H,26,27,28). The van der Waals surface area contributed by atoms with Gasteiger partial charge in [0.1, 0.15) is 36.6 Å². The molecule has 1 N–H and O–H groups in total. The Morgan fingerprint density at radius 1 is 1.03 bits per heavy atom. The summed E-state index contributed by atoms with van der Waals surface area (Å²) in [5.41, 5.74) is 3.09. The molecule has 4 aromatic rings. The lowest BCUT2D eigenvalue weighted by Gasteiger charge is -2.12. The summed E-state index contributed by atoms with van der Waals surface area (Å²) in [7, 11) is 0. The smallest absolute Gasteiger partial charge is 0.141 e. The molecule has 0 aliphatic carbocycles. The van der Waals surface area contributed by atoms with E-state index in [0.29, 0.717) is 28.6 Å². The van der Waals surface area contributed by atoms with E-state index < -0.39 is 0 Å². The van der Waals surface area contributed by atoms with Crippen LogP contribution in [0.3, 0.4) is 0 Å². The monoisotopic (exact) mass is 421 g/mol. The minimum Gasteiger partial charge on any atom is -0.487 e. The van der Waals surface area contributed by atoms with Crippen molar-refractivity contribution < 1.29 is 13.9 Å². The molecule has 1 heterocycles. The molecule has 7 heteroatoms. The molecule has 150 valence electrons. The molecule has 30 heavy (non-hydrogen) atoms. The topological polar surface area (TPSA) is 64.1 Å². The Bertz CT molecular complexity index is 1220. The molecule has 0 aliphatic heterocycles. The van der Waals surface area contributed by atoms with Crippen LogP contribution in [0.25, 0.3) is 10.9 Å². The summed E-state index contributed by atoms with van der Waals surface area (Å²) in [5.74, 6) is 0.791. The Morgan fingerprint density at radius 3 is 2.73 bits per heavy atom. The van der Waals surface area contributed by atoms with Crippen molar-refractivity contribution in [3.63, 3.8) is 0 Å². The van der Waals surface area contributed by atoms with Crippen molar-refractivity contribution in [2.24, 2.45) is 0 Å². The number of hydrogen-bond acceptors (Lipinski definition) is 5. The highest BCUT2D eigenvalue weighted by Crippen LogP contribution is 2.31. The number of carbonyl (C=O) groups is 1. The lowest BCUT2D eigenvalue weighted by atomic mass is 10.1. The van der Waals surface area contributed by atoms with Gasteiger partial charge in [-0.15, -0.1) is 0 Å². The molecule has 0 saturated carbocycles. The summed E-state index contributed by atoms with van der Waals surface area (Å²) < 4.78 is 19.0. The Balaban J connectivity index is 1.53. The number of aldehydes is 1. The van der Waals surface area contributed by atoms with Gasteiger partial charge in [0.05, 0.1) is 10.5 Å². The van der Waals surface area contributed by atoms with Gasteiger partial charge in [0, 0.05) is 17.5 Å². The van der Waals surface area contributed by atoms with E-state index in [9.17, 15) is 9.18 Å². The SMILES string of the molecule is O=CCc1ccc2ncnc(Nc3ccc(OCc4cccc(F)c4)c(Cl)c3)c2c1. The van der Waals surface area contributed by atoms with Crippen molar-refractivity contribution in [1.82, 2.24) is 9.97 Å². The van der Waals surface area contributed by atoms with Gasteiger partial charge in [0.25, 0.3) is 0 Å². The summed E-state index contributed by atoms with van der Waals surface area (Å²) in [6, 6.07) is 17.1. The van der Waals surface area contributed by atoms with Crippen LogP contribution < -0.4 is 10.1 Å². The van der Waals surface area contributed by atoms with E-state index in [4.69, 9.17) is 16.3 Å². The molecule has 0 amide bonds. The van der Waals surface area contributed by atoms with Crippen LogP contribution in [0.5, 0.6) is 5.75 Å². The van der Waals surface area contributed by atoms with E-state index in [1.165, 1.54) is 18.5 Å². The molecule has 0 radical (unpaired) electrons. The summed E-state index contributed by atoms with van der Waals surface area (Å²) in [5, 5.41) is 4.45. The van der Waals surface area contributed by atoms with Crippen molar-refractivity contribution in [2.45, 2.75) is 13.0 Å². The number of anilines is 2. The number of fused-ring (bicyclic) bond motifs is 1. The zero-order valence-electron chi connectivity index (χ0n) is 15.8. The number of nitrogens with one attached hydrogen (secondary N) is 1. The Morgan fingerprint density at radius 2 is 1.93 bits per heavy atom. The molecule has 0 fully saturated rings. The second-order valence-corrected chi connectivity index (χ2v) is 7.04. The highest BCUT2D eigenvalue weighted by atomic mass is 35.5. The number of benzene rings is 3. The van der Waals surface area contributed by atoms with Crippen LogP contribution >= 0.6 is 11.6 Å². The fraction of sp³-hybridized carbons (Fsp3) is 0.0870. The maximum Gasteiger partial charge on any atom is 0.141 e. The van der Waals surface area contributed by atoms with Crippen LogP contribution in [-0.4, -0.2) is 16.3 Å². The van der Waals surface area contributed by atoms with Crippen LogP contribution in [-0.2, 0) is 17.8 Å². The zero-order valence-corrected chi connectivity index (χ0v) is 16.6. The minimum absolute atomic E-state index is 0.209. The minimum atomic E-state index is -0.310.